The van der Waals surface area contributed by atoms with E-state index in [0.717, 1.165) is 0 Å². The van der Waals surface area contributed by atoms with Crippen LogP contribution in [0, 0.1) is 0 Å². The lowest BCUT2D eigenvalue weighted by Gasteiger charge is -2.31. The molecule has 0 aliphatic carbocycles. The number of carboxylic acid groups (broad SMARTS) is 1. The first-order valence-corrected chi connectivity index (χ1v) is 6.71. The number of piperidine rings is 1. The van der Waals surface area contributed by atoms with E-state index in [1.807, 2.05) is 0 Å². The molecule has 2 N–H and O–H groups in total. The summed E-state index contributed by atoms with van der Waals surface area (Å²) in [5, 5.41) is 10.9. The number of ether oxygens (including phenoxy) is 1. The molecule has 1 rings (SSSR count). The maximum atomic E-state index is 11.9. The van der Waals surface area contributed by atoms with Crippen LogP contribution in [0.5, 0.6) is 0 Å². The number of carboxylic acids is 1. The zero-order valence-electron chi connectivity index (χ0n) is 11.5. The van der Waals surface area contributed by atoms with Crippen molar-refractivity contribution in [3.63, 3.8) is 0 Å². The number of amides is 2. The highest BCUT2D eigenvalue weighted by Gasteiger charge is 2.27. The molecule has 0 saturated carbocycles. The van der Waals surface area contributed by atoms with E-state index < -0.39 is 24.6 Å². The normalized spacial score (nSPS) is 16.8. The number of rotatable bonds is 6. The highest BCUT2D eigenvalue weighted by atomic mass is 19.4. The van der Waals surface area contributed by atoms with E-state index >= 15 is 0 Å². The monoisotopic (exact) mass is 312 g/mol. The molecule has 1 aliphatic rings. The molecule has 0 aromatic heterocycles. The zero-order chi connectivity index (χ0) is 15.9. The number of aliphatic carboxylic acids is 1. The van der Waals surface area contributed by atoms with Gasteiger partial charge in [-0.1, -0.05) is 0 Å². The molecular weight excluding hydrogens is 293 g/mol. The van der Waals surface area contributed by atoms with E-state index in [4.69, 9.17) is 9.84 Å². The van der Waals surface area contributed by atoms with Crippen molar-refractivity contribution in [2.45, 2.75) is 38.0 Å². The number of carbonyl (C=O) groups excluding carboxylic acids is 1. The summed E-state index contributed by atoms with van der Waals surface area (Å²) in [6.45, 7) is 0.410. The van der Waals surface area contributed by atoms with Crippen LogP contribution in [0.2, 0.25) is 0 Å². The molecule has 21 heavy (non-hydrogen) atoms. The van der Waals surface area contributed by atoms with Crippen molar-refractivity contribution in [1.82, 2.24) is 10.2 Å². The lowest BCUT2D eigenvalue weighted by molar-refractivity contribution is -0.145. The van der Waals surface area contributed by atoms with Gasteiger partial charge in [0.05, 0.1) is 6.10 Å². The molecule has 0 atom stereocenters. The lowest BCUT2D eigenvalue weighted by Crippen LogP contribution is -2.46. The van der Waals surface area contributed by atoms with Crippen LogP contribution in [0.4, 0.5) is 18.0 Å². The average molecular weight is 312 g/mol. The average Bonchev–Trinajstić information content (AvgIpc) is 2.40. The number of carbonyl (C=O) groups is 2. The molecule has 0 radical (unpaired) electrons. The fourth-order valence-electron chi connectivity index (χ4n) is 2.01. The van der Waals surface area contributed by atoms with Crippen LogP contribution in [0.3, 0.4) is 0 Å². The summed E-state index contributed by atoms with van der Waals surface area (Å²) in [5.41, 5.74) is 0. The molecule has 1 heterocycles. The van der Waals surface area contributed by atoms with Crippen molar-refractivity contribution < 1.29 is 32.6 Å². The Bertz CT molecular complexity index is 355. The number of alkyl halides is 3. The zero-order valence-corrected chi connectivity index (χ0v) is 11.5. The molecule has 1 aliphatic heterocycles. The van der Waals surface area contributed by atoms with Crippen LogP contribution in [0.1, 0.15) is 25.7 Å². The van der Waals surface area contributed by atoms with Gasteiger partial charge in [0.1, 0.15) is 6.61 Å². The summed E-state index contributed by atoms with van der Waals surface area (Å²) in [4.78, 5) is 23.5. The molecule has 6 nitrogen and oxygen atoms in total. The van der Waals surface area contributed by atoms with Gasteiger partial charge in [-0.2, -0.15) is 13.2 Å². The first-order valence-electron chi connectivity index (χ1n) is 6.71. The van der Waals surface area contributed by atoms with E-state index in [2.05, 4.69) is 5.32 Å². The predicted molar refractivity (Wildman–Crippen MR) is 66.9 cm³/mol. The minimum Gasteiger partial charge on any atom is -0.480 e. The fraction of sp³-hybridized carbons (Fsp3) is 0.833. The van der Waals surface area contributed by atoms with Crippen molar-refractivity contribution in [2.24, 2.45) is 0 Å². The van der Waals surface area contributed by atoms with Crippen LogP contribution in [-0.2, 0) is 9.53 Å². The largest absolute Gasteiger partial charge is 0.480 e. The van der Waals surface area contributed by atoms with Gasteiger partial charge >= 0.3 is 18.2 Å². The van der Waals surface area contributed by atoms with Crippen LogP contribution in [0.15, 0.2) is 0 Å². The molecule has 0 spiro atoms. The molecule has 1 saturated heterocycles. The van der Waals surface area contributed by atoms with Crippen molar-refractivity contribution >= 4 is 12.0 Å². The van der Waals surface area contributed by atoms with Gasteiger partial charge in [-0.15, -0.1) is 0 Å². The summed E-state index contributed by atoms with van der Waals surface area (Å²) in [6, 6.07) is -0.395. The summed E-state index contributed by atoms with van der Waals surface area (Å²) in [5.74, 6) is -1.04. The van der Waals surface area contributed by atoms with E-state index in [0.29, 0.717) is 25.9 Å². The van der Waals surface area contributed by atoms with Gasteiger partial charge in [0.2, 0.25) is 0 Å². The first-order chi connectivity index (χ1) is 9.78. The van der Waals surface area contributed by atoms with E-state index in [-0.39, 0.29) is 25.7 Å². The van der Waals surface area contributed by atoms with Gasteiger partial charge in [0.25, 0.3) is 0 Å². The Kier molecular flexibility index (Phi) is 6.73. The Labute approximate surface area is 120 Å². The Morgan fingerprint density at radius 2 is 1.90 bits per heavy atom. The topological polar surface area (TPSA) is 78.9 Å². The van der Waals surface area contributed by atoms with Gasteiger partial charge in [-0.05, 0) is 19.3 Å². The Morgan fingerprint density at radius 3 is 2.43 bits per heavy atom. The first kappa shape index (κ1) is 17.5. The fourth-order valence-corrected chi connectivity index (χ4v) is 2.01. The maximum Gasteiger partial charge on any atom is 0.389 e. The number of hydrogen-bond donors (Lipinski definition) is 2. The quantitative estimate of drug-likeness (QED) is 0.730. The number of likely N-dealkylation sites (tertiary alicyclic amines) is 1. The number of hydrogen-bond acceptors (Lipinski definition) is 3. The van der Waals surface area contributed by atoms with E-state index in [1.54, 1.807) is 0 Å². The second-order valence-electron chi connectivity index (χ2n) is 4.84. The second kappa shape index (κ2) is 8.06. The summed E-state index contributed by atoms with van der Waals surface area (Å²) in [6.07, 6.45) is -4.43. The summed E-state index contributed by atoms with van der Waals surface area (Å²) >= 11 is 0. The molecule has 122 valence electrons. The van der Waals surface area contributed by atoms with Crippen LogP contribution in [0.25, 0.3) is 0 Å². The Morgan fingerprint density at radius 1 is 1.29 bits per heavy atom. The van der Waals surface area contributed by atoms with Gasteiger partial charge in [-0.3, -0.25) is 0 Å². The summed E-state index contributed by atoms with van der Waals surface area (Å²) < 4.78 is 40.9. The van der Waals surface area contributed by atoms with Crippen molar-refractivity contribution in [1.29, 1.82) is 0 Å². The van der Waals surface area contributed by atoms with Crippen molar-refractivity contribution in [3.05, 3.63) is 0 Å². The molecular formula is C12H19F3N2O4. The Hall–Kier alpha value is -1.51. The van der Waals surface area contributed by atoms with Gasteiger partial charge in [0.15, 0.2) is 0 Å². The molecule has 0 aromatic carbocycles. The van der Waals surface area contributed by atoms with Crippen LogP contribution in [-0.4, -0.2) is 60.5 Å². The summed E-state index contributed by atoms with van der Waals surface area (Å²) in [7, 11) is 0. The molecule has 1 fully saturated rings. The minimum absolute atomic E-state index is 0.0201. The predicted octanol–water partition coefficient (Wildman–Crippen LogP) is 1.60. The van der Waals surface area contributed by atoms with Gasteiger partial charge < -0.3 is 20.1 Å². The Balaban J connectivity index is 2.15. The van der Waals surface area contributed by atoms with Crippen LogP contribution < -0.4 is 5.32 Å². The van der Waals surface area contributed by atoms with Gasteiger partial charge in [-0.25, -0.2) is 9.59 Å². The molecule has 9 heteroatoms. The smallest absolute Gasteiger partial charge is 0.389 e. The number of urea groups is 1. The van der Waals surface area contributed by atoms with Crippen LogP contribution >= 0.6 is 0 Å². The SMILES string of the molecule is O=C(O)COC1CCN(C(=O)NCCCC(F)(F)F)CC1. The number of halogens is 3. The third-order valence-corrected chi connectivity index (χ3v) is 3.08. The third-order valence-electron chi connectivity index (χ3n) is 3.08. The molecule has 2 amide bonds. The lowest BCUT2D eigenvalue weighted by atomic mass is 10.1. The second-order valence-corrected chi connectivity index (χ2v) is 4.84. The standard InChI is InChI=1S/C12H19F3N2O4/c13-12(14,15)4-1-5-16-11(20)17-6-2-9(3-7-17)21-8-10(18)19/h9H,1-8H2,(H,16,20)(H,18,19). The molecule has 0 unspecified atom stereocenters. The minimum atomic E-state index is -4.20. The molecule has 0 bridgehead atoms. The van der Waals surface area contributed by atoms with Crippen molar-refractivity contribution in [3.8, 4) is 0 Å². The highest BCUT2D eigenvalue weighted by molar-refractivity contribution is 5.74. The highest BCUT2D eigenvalue weighted by Crippen LogP contribution is 2.20. The van der Waals surface area contributed by atoms with Crippen molar-refractivity contribution in [2.75, 3.05) is 26.2 Å². The maximum absolute atomic E-state index is 11.9. The number of nitrogens with zero attached hydrogens (tertiary/aromatic N) is 1. The number of nitrogens with one attached hydrogen (secondary N) is 1. The van der Waals surface area contributed by atoms with E-state index in [1.165, 1.54) is 4.90 Å². The van der Waals surface area contributed by atoms with Gasteiger partial charge in [0, 0.05) is 26.1 Å². The molecule has 0 aromatic rings. The third kappa shape index (κ3) is 7.74. The van der Waals surface area contributed by atoms with E-state index in [9.17, 15) is 22.8 Å².